The molecule has 1 saturated heterocycles. The summed E-state index contributed by atoms with van der Waals surface area (Å²) in [6.07, 6.45) is 1.45. The number of thiophene rings is 1. The molecule has 1 aliphatic rings. The first-order valence-corrected chi connectivity index (χ1v) is 10.8. The van der Waals surface area contributed by atoms with E-state index in [1.807, 2.05) is 0 Å². The molecule has 0 radical (unpaired) electrons. The number of nitrogens with one attached hydrogen (secondary N) is 1. The number of ether oxygens (including phenoxy) is 2. The largest absolute Gasteiger partial charge is 0.462 e. The van der Waals surface area contributed by atoms with Crippen molar-refractivity contribution in [2.75, 3.05) is 11.6 Å². The topological polar surface area (TPSA) is 102 Å². The molecule has 1 aliphatic heterocycles. The second kappa shape index (κ2) is 9.49. The Morgan fingerprint density at radius 1 is 1.00 bits per heavy atom. The second-order valence-electron chi connectivity index (χ2n) is 6.84. The molecule has 2 aromatic carbocycles. The monoisotopic (exact) mass is 462 g/mol. The molecule has 33 heavy (non-hydrogen) atoms. The van der Waals surface area contributed by atoms with E-state index < -0.39 is 23.8 Å². The lowest BCUT2D eigenvalue weighted by Gasteiger charge is -2.14. The van der Waals surface area contributed by atoms with Crippen LogP contribution in [0.1, 0.15) is 32.5 Å². The van der Waals surface area contributed by atoms with E-state index in [1.54, 1.807) is 60.8 Å². The number of benzene rings is 2. The SMILES string of the molecule is CCOC(=O)c1ccc(N2NC(=O)C(=Cc3ccc(OC(=O)c4cccs4)cc3)C2=O)cc1. The molecule has 0 atom stereocenters. The lowest BCUT2D eigenvalue weighted by atomic mass is 10.1. The maximum atomic E-state index is 12.8. The van der Waals surface area contributed by atoms with Gasteiger partial charge in [0.15, 0.2) is 0 Å². The smallest absolute Gasteiger partial charge is 0.353 e. The summed E-state index contributed by atoms with van der Waals surface area (Å²) in [6.45, 7) is 1.97. The molecule has 0 spiro atoms. The number of nitrogens with zero attached hydrogens (tertiary/aromatic N) is 1. The van der Waals surface area contributed by atoms with Gasteiger partial charge in [0.05, 0.1) is 17.9 Å². The van der Waals surface area contributed by atoms with Crippen molar-refractivity contribution in [3.05, 3.63) is 87.6 Å². The molecule has 2 heterocycles. The Hall–Kier alpha value is -4.24. The van der Waals surface area contributed by atoms with E-state index in [0.29, 0.717) is 27.4 Å². The Morgan fingerprint density at radius 3 is 2.36 bits per heavy atom. The fourth-order valence-electron chi connectivity index (χ4n) is 3.05. The average Bonchev–Trinajstić information content (AvgIpc) is 3.45. The molecule has 1 fully saturated rings. The van der Waals surface area contributed by atoms with Gasteiger partial charge in [0, 0.05) is 0 Å². The highest BCUT2D eigenvalue weighted by Crippen LogP contribution is 2.23. The summed E-state index contributed by atoms with van der Waals surface area (Å²) in [6, 6.07) is 16.0. The molecule has 9 heteroatoms. The zero-order valence-electron chi connectivity index (χ0n) is 17.4. The Labute approximate surface area is 193 Å². The summed E-state index contributed by atoms with van der Waals surface area (Å²) in [5.74, 6) is -1.65. The summed E-state index contributed by atoms with van der Waals surface area (Å²) >= 11 is 1.28. The van der Waals surface area contributed by atoms with Crippen LogP contribution in [0, 0.1) is 0 Å². The number of amides is 2. The second-order valence-corrected chi connectivity index (χ2v) is 7.79. The minimum Gasteiger partial charge on any atom is -0.462 e. The first-order chi connectivity index (χ1) is 16.0. The van der Waals surface area contributed by atoms with Gasteiger partial charge in [-0.25, -0.2) is 14.6 Å². The van der Waals surface area contributed by atoms with Gasteiger partial charge in [-0.05, 0) is 66.4 Å². The molecule has 4 rings (SSSR count). The van der Waals surface area contributed by atoms with E-state index >= 15 is 0 Å². The highest BCUT2D eigenvalue weighted by Gasteiger charge is 2.34. The normalized spacial score (nSPS) is 14.3. The molecular weight excluding hydrogens is 444 g/mol. The van der Waals surface area contributed by atoms with Crippen molar-refractivity contribution in [2.24, 2.45) is 0 Å². The summed E-state index contributed by atoms with van der Waals surface area (Å²) in [4.78, 5) is 49.5. The molecule has 3 aromatic rings. The van der Waals surface area contributed by atoms with Gasteiger partial charge < -0.3 is 9.47 Å². The van der Waals surface area contributed by atoms with Crippen LogP contribution < -0.4 is 15.2 Å². The number of esters is 2. The highest BCUT2D eigenvalue weighted by molar-refractivity contribution is 7.12. The van der Waals surface area contributed by atoms with E-state index in [0.717, 1.165) is 5.01 Å². The van der Waals surface area contributed by atoms with Crippen LogP contribution in [0.2, 0.25) is 0 Å². The lowest BCUT2D eigenvalue weighted by Crippen LogP contribution is -2.35. The first kappa shape index (κ1) is 22.0. The number of hydrazine groups is 1. The number of rotatable bonds is 6. The molecule has 1 N–H and O–H groups in total. The molecular formula is C24H18N2O6S. The van der Waals surface area contributed by atoms with Gasteiger partial charge in [-0.1, -0.05) is 18.2 Å². The molecule has 166 valence electrons. The van der Waals surface area contributed by atoms with Crippen LogP contribution >= 0.6 is 11.3 Å². The van der Waals surface area contributed by atoms with Crippen LogP contribution in [0.15, 0.2) is 71.6 Å². The third-order valence-corrected chi connectivity index (χ3v) is 5.50. The van der Waals surface area contributed by atoms with Crippen molar-refractivity contribution in [1.82, 2.24) is 5.43 Å². The molecule has 2 amide bonds. The van der Waals surface area contributed by atoms with E-state index in [1.165, 1.54) is 29.5 Å². The van der Waals surface area contributed by atoms with Gasteiger partial charge in [0.1, 0.15) is 16.2 Å². The average molecular weight is 462 g/mol. The number of carbonyl (C=O) groups is 4. The van der Waals surface area contributed by atoms with Crippen molar-refractivity contribution in [3.63, 3.8) is 0 Å². The van der Waals surface area contributed by atoms with Crippen LogP contribution in [-0.2, 0) is 14.3 Å². The van der Waals surface area contributed by atoms with Gasteiger partial charge in [0.25, 0.3) is 11.8 Å². The summed E-state index contributed by atoms with van der Waals surface area (Å²) in [7, 11) is 0. The summed E-state index contributed by atoms with van der Waals surface area (Å²) in [5.41, 5.74) is 3.79. The summed E-state index contributed by atoms with van der Waals surface area (Å²) in [5, 5.41) is 2.90. The van der Waals surface area contributed by atoms with Gasteiger partial charge in [-0.2, -0.15) is 0 Å². The van der Waals surface area contributed by atoms with Crippen molar-refractivity contribution < 1.29 is 28.7 Å². The van der Waals surface area contributed by atoms with Crippen molar-refractivity contribution in [1.29, 1.82) is 0 Å². The standard InChI is InChI=1S/C24H18N2O6S/c1-2-31-23(29)16-7-9-17(10-8-16)26-22(28)19(21(27)25-26)14-15-5-11-18(12-6-15)32-24(30)20-4-3-13-33-20/h3-14H,2H2,1H3,(H,25,27). The van der Waals surface area contributed by atoms with Gasteiger partial charge >= 0.3 is 11.9 Å². The first-order valence-electron chi connectivity index (χ1n) is 9.96. The molecule has 0 aliphatic carbocycles. The summed E-state index contributed by atoms with van der Waals surface area (Å²) < 4.78 is 10.2. The highest BCUT2D eigenvalue weighted by atomic mass is 32.1. The lowest BCUT2D eigenvalue weighted by molar-refractivity contribution is -0.117. The molecule has 0 unspecified atom stereocenters. The van der Waals surface area contributed by atoms with Crippen LogP contribution in [0.4, 0.5) is 5.69 Å². The van der Waals surface area contributed by atoms with Gasteiger partial charge in [0.2, 0.25) is 0 Å². The zero-order valence-corrected chi connectivity index (χ0v) is 18.3. The van der Waals surface area contributed by atoms with E-state index in [2.05, 4.69) is 5.43 Å². The number of hydrogen-bond acceptors (Lipinski definition) is 7. The molecule has 0 bridgehead atoms. The van der Waals surface area contributed by atoms with Crippen LogP contribution in [0.25, 0.3) is 6.08 Å². The maximum Gasteiger partial charge on any atom is 0.353 e. The Bertz CT molecular complexity index is 1230. The fraction of sp³-hybridized carbons (Fsp3) is 0.0833. The van der Waals surface area contributed by atoms with E-state index in [-0.39, 0.29) is 12.2 Å². The van der Waals surface area contributed by atoms with Crippen LogP contribution in [-0.4, -0.2) is 30.4 Å². The minimum atomic E-state index is -0.553. The van der Waals surface area contributed by atoms with Crippen LogP contribution in [0.5, 0.6) is 5.75 Å². The molecule has 1 aromatic heterocycles. The predicted molar refractivity (Wildman–Crippen MR) is 122 cm³/mol. The van der Waals surface area contributed by atoms with E-state index in [4.69, 9.17) is 9.47 Å². The Balaban J connectivity index is 1.46. The fourth-order valence-corrected chi connectivity index (χ4v) is 3.65. The Morgan fingerprint density at radius 2 is 1.73 bits per heavy atom. The quantitative estimate of drug-likeness (QED) is 0.260. The maximum absolute atomic E-state index is 12.8. The predicted octanol–water partition coefficient (Wildman–Crippen LogP) is 3.61. The number of hydrogen-bond donors (Lipinski definition) is 1. The third kappa shape index (κ3) is 4.83. The van der Waals surface area contributed by atoms with Gasteiger partial charge in [-0.15, -0.1) is 11.3 Å². The molecule has 8 nitrogen and oxygen atoms in total. The minimum absolute atomic E-state index is 0.0483. The number of carbonyl (C=O) groups excluding carboxylic acids is 4. The van der Waals surface area contributed by atoms with Crippen molar-refractivity contribution in [2.45, 2.75) is 6.92 Å². The third-order valence-electron chi connectivity index (χ3n) is 4.65. The molecule has 0 saturated carbocycles. The Kier molecular flexibility index (Phi) is 6.32. The van der Waals surface area contributed by atoms with Crippen LogP contribution in [0.3, 0.4) is 0 Å². The van der Waals surface area contributed by atoms with Crippen molar-refractivity contribution in [3.8, 4) is 5.75 Å². The number of anilines is 1. The van der Waals surface area contributed by atoms with E-state index in [9.17, 15) is 19.2 Å². The zero-order chi connectivity index (χ0) is 23.4. The van der Waals surface area contributed by atoms with Crippen molar-refractivity contribution >= 4 is 46.9 Å². The van der Waals surface area contributed by atoms with Gasteiger partial charge in [-0.3, -0.25) is 15.0 Å².